The maximum absolute atomic E-state index is 13.1. The van der Waals surface area contributed by atoms with E-state index in [0.717, 1.165) is 5.56 Å². The molecule has 7 nitrogen and oxygen atoms in total. The molecule has 0 atom stereocenters. The molecule has 1 amide bonds. The Labute approximate surface area is 160 Å². The van der Waals surface area contributed by atoms with Crippen molar-refractivity contribution >= 4 is 23.6 Å². The summed E-state index contributed by atoms with van der Waals surface area (Å²) in [6.07, 6.45) is 1.25. The monoisotopic (exact) mass is 392 g/mol. The standard InChI is InChI=1S/C18H21FN4O3S/c1-22-16(12-3-5-14(19)6-4-12)20-21-18(22)27-11-15(24)23-9-7-13(8-10-23)17(25)26-2/h3-6,13H,7-11H2,1-2H3. The summed E-state index contributed by atoms with van der Waals surface area (Å²) < 4.78 is 19.6. The Balaban J connectivity index is 1.55. The molecule has 0 radical (unpaired) electrons. The Morgan fingerprint density at radius 1 is 1.22 bits per heavy atom. The highest BCUT2D eigenvalue weighted by molar-refractivity contribution is 7.99. The molecular weight excluding hydrogens is 371 g/mol. The number of carbonyl (C=O) groups excluding carboxylic acids is 2. The van der Waals surface area contributed by atoms with Crippen molar-refractivity contribution in [1.82, 2.24) is 19.7 Å². The van der Waals surface area contributed by atoms with Crippen LogP contribution in [0.25, 0.3) is 11.4 Å². The summed E-state index contributed by atoms with van der Waals surface area (Å²) in [5, 5.41) is 8.88. The lowest BCUT2D eigenvalue weighted by Gasteiger charge is -2.30. The van der Waals surface area contributed by atoms with Crippen molar-refractivity contribution < 1.29 is 18.7 Å². The second-order valence-electron chi connectivity index (χ2n) is 6.34. The summed E-state index contributed by atoms with van der Waals surface area (Å²) in [7, 11) is 3.20. The number of esters is 1. The number of ether oxygens (including phenoxy) is 1. The highest BCUT2D eigenvalue weighted by atomic mass is 32.2. The molecule has 1 aromatic carbocycles. The number of carbonyl (C=O) groups is 2. The van der Waals surface area contributed by atoms with Gasteiger partial charge in [0.15, 0.2) is 11.0 Å². The van der Waals surface area contributed by atoms with Gasteiger partial charge in [-0.25, -0.2) is 4.39 Å². The molecule has 1 fully saturated rings. The Morgan fingerprint density at radius 2 is 1.89 bits per heavy atom. The van der Waals surface area contributed by atoms with Crippen LogP contribution in [-0.2, 0) is 21.4 Å². The van der Waals surface area contributed by atoms with Crippen molar-refractivity contribution in [2.45, 2.75) is 18.0 Å². The maximum atomic E-state index is 13.1. The molecule has 27 heavy (non-hydrogen) atoms. The van der Waals surface area contributed by atoms with Gasteiger partial charge in [-0.05, 0) is 37.1 Å². The molecule has 0 saturated carbocycles. The van der Waals surface area contributed by atoms with Crippen LogP contribution < -0.4 is 0 Å². The molecule has 1 aliphatic heterocycles. The molecule has 0 N–H and O–H groups in total. The highest BCUT2D eigenvalue weighted by Gasteiger charge is 2.28. The van der Waals surface area contributed by atoms with Gasteiger partial charge in [-0.2, -0.15) is 0 Å². The van der Waals surface area contributed by atoms with Crippen LogP contribution in [0.3, 0.4) is 0 Å². The van der Waals surface area contributed by atoms with Crippen molar-refractivity contribution in [2.24, 2.45) is 13.0 Å². The molecule has 144 valence electrons. The number of methoxy groups -OCH3 is 1. The van der Waals surface area contributed by atoms with Crippen molar-refractivity contribution in [3.05, 3.63) is 30.1 Å². The maximum Gasteiger partial charge on any atom is 0.308 e. The van der Waals surface area contributed by atoms with E-state index in [1.807, 2.05) is 7.05 Å². The summed E-state index contributed by atoms with van der Waals surface area (Å²) in [6, 6.07) is 6.03. The van der Waals surface area contributed by atoms with E-state index in [0.29, 0.717) is 36.9 Å². The zero-order valence-electron chi connectivity index (χ0n) is 15.2. The summed E-state index contributed by atoms with van der Waals surface area (Å²) in [5.74, 6) is 0.237. The summed E-state index contributed by atoms with van der Waals surface area (Å²) >= 11 is 1.31. The molecule has 9 heteroatoms. The van der Waals surface area contributed by atoms with Gasteiger partial charge in [0.2, 0.25) is 5.91 Å². The third kappa shape index (κ3) is 4.47. The lowest BCUT2D eigenvalue weighted by atomic mass is 9.97. The average Bonchev–Trinajstić information content (AvgIpc) is 3.06. The lowest BCUT2D eigenvalue weighted by Crippen LogP contribution is -2.41. The number of hydrogen-bond donors (Lipinski definition) is 0. The second-order valence-corrected chi connectivity index (χ2v) is 7.28. The predicted molar refractivity (Wildman–Crippen MR) is 98.4 cm³/mol. The zero-order valence-corrected chi connectivity index (χ0v) is 16.0. The van der Waals surface area contributed by atoms with Gasteiger partial charge >= 0.3 is 5.97 Å². The van der Waals surface area contributed by atoms with Gasteiger partial charge < -0.3 is 14.2 Å². The highest BCUT2D eigenvalue weighted by Crippen LogP contribution is 2.24. The number of aromatic nitrogens is 3. The number of halogens is 1. The number of amides is 1. The van der Waals surface area contributed by atoms with Gasteiger partial charge in [-0.3, -0.25) is 9.59 Å². The first-order valence-corrected chi connectivity index (χ1v) is 9.62. The number of piperidine rings is 1. The molecule has 2 heterocycles. The fourth-order valence-electron chi connectivity index (χ4n) is 3.04. The van der Waals surface area contributed by atoms with E-state index < -0.39 is 0 Å². The van der Waals surface area contributed by atoms with Crippen molar-refractivity contribution in [3.63, 3.8) is 0 Å². The fourth-order valence-corrected chi connectivity index (χ4v) is 3.85. The van der Waals surface area contributed by atoms with Gasteiger partial charge in [0.1, 0.15) is 5.82 Å². The molecule has 1 saturated heterocycles. The van der Waals surface area contributed by atoms with Gasteiger partial charge in [0.25, 0.3) is 0 Å². The van der Waals surface area contributed by atoms with Crippen LogP contribution >= 0.6 is 11.8 Å². The number of hydrogen-bond acceptors (Lipinski definition) is 6. The second kappa shape index (κ2) is 8.51. The molecule has 1 aliphatic rings. The molecule has 1 aromatic heterocycles. The number of likely N-dealkylation sites (tertiary alicyclic amines) is 1. The van der Waals surface area contributed by atoms with Gasteiger partial charge in [0, 0.05) is 25.7 Å². The number of thioether (sulfide) groups is 1. The molecule has 3 rings (SSSR count). The summed E-state index contributed by atoms with van der Waals surface area (Å²) in [6.45, 7) is 1.11. The van der Waals surface area contributed by atoms with E-state index in [2.05, 4.69) is 10.2 Å². The van der Waals surface area contributed by atoms with E-state index >= 15 is 0 Å². The van der Waals surface area contributed by atoms with Crippen LogP contribution in [0.4, 0.5) is 4.39 Å². The van der Waals surface area contributed by atoms with E-state index in [1.165, 1.54) is 31.0 Å². The minimum Gasteiger partial charge on any atom is -0.469 e. The third-order valence-electron chi connectivity index (χ3n) is 4.64. The first kappa shape index (κ1) is 19.3. The summed E-state index contributed by atoms with van der Waals surface area (Å²) in [4.78, 5) is 25.8. The van der Waals surface area contributed by atoms with E-state index in [9.17, 15) is 14.0 Å². The minimum atomic E-state index is -0.308. The van der Waals surface area contributed by atoms with Crippen LogP contribution in [0.1, 0.15) is 12.8 Å². The predicted octanol–water partition coefficient (Wildman–Crippen LogP) is 2.12. The Morgan fingerprint density at radius 3 is 2.52 bits per heavy atom. The fraction of sp³-hybridized carbons (Fsp3) is 0.444. The first-order chi connectivity index (χ1) is 13.0. The normalized spacial score (nSPS) is 15.0. The van der Waals surface area contributed by atoms with Crippen LogP contribution in [0.2, 0.25) is 0 Å². The summed E-state index contributed by atoms with van der Waals surface area (Å²) in [5.41, 5.74) is 0.759. The Hall–Kier alpha value is -2.42. The molecule has 0 spiro atoms. The van der Waals surface area contributed by atoms with Gasteiger partial charge in [0.05, 0.1) is 18.8 Å². The molecule has 2 aromatic rings. The molecular formula is C18H21FN4O3S. The third-order valence-corrected chi connectivity index (χ3v) is 5.65. The first-order valence-electron chi connectivity index (χ1n) is 8.63. The number of nitrogens with zero attached hydrogens (tertiary/aromatic N) is 4. The van der Waals surface area contributed by atoms with E-state index in [-0.39, 0.29) is 29.4 Å². The molecule has 0 aliphatic carbocycles. The average molecular weight is 392 g/mol. The molecule has 0 unspecified atom stereocenters. The van der Waals surface area contributed by atoms with E-state index in [4.69, 9.17) is 4.74 Å². The number of rotatable bonds is 5. The molecule has 0 bridgehead atoms. The largest absolute Gasteiger partial charge is 0.469 e. The SMILES string of the molecule is COC(=O)C1CCN(C(=O)CSc2nnc(-c3ccc(F)cc3)n2C)CC1. The van der Waals surface area contributed by atoms with Crippen LogP contribution in [0.5, 0.6) is 0 Å². The van der Waals surface area contributed by atoms with Gasteiger partial charge in [-0.15, -0.1) is 10.2 Å². The van der Waals surface area contributed by atoms with Crippen molar-refractivity contribution in [3.8, 4) is 11.4 Å². The Bertz CT molecular complexity index is 817. The quantitative estimate of drug-likeness (QED) is 0.573. The van der Waals surface area contributed by atoms with E-state index in [1.54, 1.807) is 21.6 Å². The lowest BCUT2D eigenvalue weighted by molar-refractivity contribution is -0.148. The van der Waals surface area contributed by atoms with Crippen LogP contribution in [0, 0.1) is 11.7 Å². The number of benzene rings is 1. The van der Waals surface area contributed by atoms with Gasteiger partial charge in [-0.1, -0.05) is 11.8 Å². The Kier molecular flexibility index (Phi) is 6.10. The smallest absolute Gasteiger partial charge is 0.308 e. The van der Waals surface area contributed by atoms with Crippen molar-refractivity contribution in [1.29, 1.82) is 0 Å². The topological polar surface area (TPSA) is 77.3 Å². The van der Waals surface area contributed by atoms with Crippen LogP contribution in [0.15, 0.2) is 29.4 Å². The van der Waals surface area contributed by atoms with Crippen LogP contribution in [-0.4, -0.2) is 57.5 Å². The minimum absolute atomic E-state index is 0.00893. The zero-order chi connectivity index (χ0) is 19.4. The van der Waals surface area contributed by atoms with Crippen molar-refractivity contribution in [2.75, 3.05) is 26.0 Å².